The Morgan fingerprint density at radius 2 is 2.53 bits per heavy atom. The molecular weight excluding hydrogens is 262 g/mol. The molecule has 1 aliphatic rings. The van der Waals surface area contributed by atoms with Crippen LogP contribution in [0.4, 0.5) is 0 Å². The van der Waals surface area contributed by atoms with E-state index in [1.54, 1.807) is 12.5 Å². The largest absolute Gasteiger partial charge is 0.462 e. The van der Waals surface area contributed by atoms with Gasteiger partial charge in [-0.05, 0) is 19.1 Å². The number of furan rings is 1. The van der Waals surface area contributed by atoms with Crippen LogP contribution in [0.3, 0.4) is 0 Å². The average Bonchev–Trinajstić information content (AvgIpc) is 3.09. The lowest BCUT2D eigenvalue weighted by atomic mass is 10.2. The molecule has 1 atom stereocenters. The van der Waals surface area contributed by atoms with Crippen LogP contribution in [-0.2, 0) is 0 Å². The summed E-state index contributed by atoms with van der Waals surface area (Å²) in [6, 6.07) is 3.88. The van der Waals surface area contributed by atoms with Crippen molar-refractivity contribution < 1.29 is 9.21 Å². The Labute approximate surface area is 115 Å². The van der Waals surface area contributed by atoms with Crippen LogP contribution in [-0.4, -0.2) is 41.5 Å². The number of nitrogens with zero attached hydrogens (tertiary/aromatic N) is 2. The van der Waals surface area contributed by atoms with Crippen molar-refractivity contribution >= 4 is 17.2 Å². The van der Waals surface area contributed by atoms with Crippen molar-refractivity contribution in [2.24, 2.45) is 0 Å². The number of aromatic nitrogens is 1. The van der Waals surface area contributed by atoms with Crippen LogP contribution in [0, 0.1) is 0 Å². The highest BCUT2D eigenvalue weighted by Crippen LogP contribution is 2.26. The normalized spacial score (nSPS) is 19.6. The summed E-state index contributed by atoms with van der Waals surface area (Å²) >= 11 is 1.38. The van der Waals surface area contributed by atoms with Crippen LogP contribution in [0.5, 0.6) is 0 Å². The van der Waals surface area contributed by atoms with E-state index in [4.69, 9.17) is 4.42 Å². The highest BCUT2D eigenvalue weighted by molar-refractivity contribution is 7.16. The van der Waals surface area contributed by atoms with Gasteiger partial charge in [-0.25, -0.2) is 4.98 Å². The summed E-state index contributed by atoms with van der Waals surface area (Å²) in [5.41, 5.74) is 0. The van der Waals surface area contributed by atoms with E-state index in [1.807, 2.05) is 17.0 Å². The number of amides is 1. The lowest BCUT2D eigenvalue weighted by molar-refractivity contribution is 0.0660. The molecule has 3 heterocycles. The number of rotatable bonds is 2. The monoisotopic (exact) mass is 277 g/mol. The summed E-state index contributed by atoms with van der Waals surface area (Å²) < 4.78 is 5.29. The maximum Gasteiger partial charge on any atom is 0.265 e. The molecule has 3 rings (SSSR count). The van der Waals surface area contributed by atoms with Crippen molar-refractivity contribution in [1.82, 2.24) is 15.2 Å². The molecule has 1 amide bonds. The highest BCUT2D eigenvalue weighted by atomic mass is 32.1. The summed E-state index contributed by atoms with van der Waals surface area (Å²) in [5, 5.41) is 4.02. The first kappa shape index (κ1) is 12.4. The molecule has 0 saturated carbocycles. The van der Waals surface area contributed by atoms with E-state index in [-0.39, 0.29) is 11.9 Å². The number of carbonyl (C=O) groups is 1. The Morgan fingerprint density at radius 1 is 1.63 bits per heavy atom. The van der Waals surface area contributed by atoms with Gasteiger partial charge >= 0.3 is 0 Å². The third-order valence-electron chi connectivity index (χ3n) is 3.21. The quantitative estimate of drug-likeness (QED) is 0.910. The molecular formula is C13H15N3O2S. The Kier molecular flexibility index (Phi) is 3.35. The summed E-state index contributed by atoms with van der Waals surface area (Å²) in [6.07, 6.45) is 3.25. The number of piperazine rings is 1. The molecule has 5 nitrogen and oxygen atoms in total. The van der Waals surface area contributed by atoms with Gasteiger partial charge in [-0.2, -0.15) is 0 Å². The fraction of sp³-hybridized carbons (Fsp3) is 0.385. The third kappa shape index (κ3) is 2.41. The van der Waals surface area contributed by atoms with Crippen molar-refractivity contribution in [3.8, 4) is 10.8 Å². The van der Waals surface area contributed by atoms with Gasteiger partial charge < -0.3 is 14.6 Å². The maximum atomic E-state index is 12.4. The van der Waals surface area contributed by atoms with E-state index in [0.29, 0.717) is 10.6 Å². The molecule has 1 aliphatic heterocycles. The van der Waals surface area contributed by atoms with Gasteiger partial charge in [-0.15, -0.1) is 11.3 Å². The summed E-state index contributed by atoms with van der Waals surface area (Å²) in [5.74, 6) is 0.765. The highest BCUT2D eigenvalue weighted by Gasteiger charge is 2.25. The van der Waals surface area contributed by atoms with Crippen LogP contribution in [0.1, 0.15) is 16.6 Å². The molecule has 6 heteroatoms. The zero-order valence-electron chi connectivity index (χ0n) is 10.6. The van der Waals surface area contributed by atoms with Gasteiger partial charge in [-0.1, -0.05) is 0 Å². The molecule has 100 valence electrons. The molecule has 1 saturated heterocycles. The van der Waals surface area contributed by atoms with E-state index in [2.05, 4.69) is 17.2 Å². The number of hydrogen-bond donors (Lipinski definition) is 1. The first-order valence-electron chi connectivity index (χ1n) is 6.27. The molecule has 1 N–H and O–H groups in total. The van der Waals surface area contributed by atoms with E-state index < -0.39 is 0 Å². The molecule has 1 fully saturated rings. The Morgan fingerprint density at radius 3 is 3.26 bits per heavy atom. The molecule has 0 radical (unpaired) electrons. The second kappa shape index (κ2) is 5.14. The average molecular weight is 277 g/mol. The zero-order valence-corrected chi connectivity index (χ0v) is 11.4. The van der Waals surface area contributed by atoms with Gasteiger partial charge in [0.2, 0.25) is 0 Å². The van der Waals surface area contributed by atoms with E-state index in [0.717, 1.165) is 24.6 Å². The SMILES string of the molecule is C[C@H]1CNCCN1C(=O)c1cnc(-c2ccco2)s1. The van der Waals surface area contributed by atoms with Crippen LogP contribution in [0.15, 0.2) is 29.0 Å². The second-order valence-electron chi connectivity index (χ2n) is 4.56. The van der Waals surface area contributed by atoms with Crippen molar-refractivity contribution in [3.63, 3.8) is 0 Å². The summed E-state index contributed by atoms with van der Waals surface area (Å²) in [7, 11) is 0. The molecule has 0 unspecified atom stereocenters. The van der Waals surface area contributed by atoms with Crippen molar-refractivity contribution in [1.29, 1.82) is 0 Å². The minimum Gasteiger partial charge on any atom is -0.462 e. The molecule has 2 aromatic heterocycles. The van der Waals surface area contributed by atoms with Crippen LogP contribution in [0.2, 0.25) is 0 Å². The molecule has 0 spiro atoms. The smallest absolute Gasteiger partial charge is 0.265 e. The van der Waals surface area contributed by atoms with Gasteiger partial charge in [0.15, 0.2) is 10.8 Å². The van der Waals surface area contributed by atoms with Crippen LogP contribution in [0.25, 0.3) is 10.8 Å². The van der Waals surface area contributed by atoms with E-state index in [1.165, 1.54) is 11.3 Å². The third-order valence-corrected chi connectivity index (χ3v) is 4.21. The lowest BCUT2D eigenvalue weighted by Gasteiger charge is -2.33. The lowest BCUT2D eigenvalue weighted by Crippen LogP contribution is -2.52. The minimum atomic E-state index is 0.0595. The zero-order chi connectivity index (χ0) is 13.2. The number of hydrogen-bond acceptors (Lipinski definition) is 5. The number of carbonyl (C=O) groups excluding carboxylic acids is 1. The summed E-state index contributed by atoms with van der Waals surface area (Å²) in [6.45, 7) is 4.49. The Hall–Kier alpha value is -1.66. The maximum absolute atomic E-state index is 12.4. The van der Waals surface area contributed by atoms with Crippen molar-refractivity contribution in [2.75, 3.05) is 19.6 Å². The topological polar surface area (TPSA) is 58.4 Å². The molecule has 2 aromatic rings. The van der Waals surface area contributed by atoms with Crippen LogP contribution < -0.4 is 5.32 Å². The molecule has 19 heavy (non-hydrogen) atoms. The second-order valence-corrected chi connectivity index (χ2v) is 5.59. The Balaban J connectivity index is 1.80. The minimum absolute atomic E-state index is 0.0595. The fourth-order valence-electron chi connectivity index (χ4n) is 2.17. The van der Waals surface area contributed by atoms with Crippen molar-refractivity contribution in [3.05, 3.63) is 29.5 Å². The van der Waals surface area contributed by atoms with Crippen molar-refractivity contribution in [2.45, 2.75) is 13.0 Å². The molecule has 0 bridgehead atoms. The van der Waals surface area contributed by atoms with Gasteiger partial charge in [0.05, 0.1) is 12.5 Å². The number of thiazole rings is 1. The fourth-order valence-corrected chi connectivity index (χ4v) is 3.01. The van der Waals surface area contributed by atoms with Crippen LogP contribution >= 0.6 is 11.3 Å². The van der Waals surface area contributed by atoms with E-state index in [9.17, 15) is 4.79 Å². The van der Waals surface area contributed by atoms with E-state index >= 15 is 0 Å². The van der Waals surface area contributed by atoms with Gasteiger partial charge in [0, 0.05) is 25.7 Å². The number of nitrogens with one attached hydrogen (secondary N) is 1. The predicted octanol–water partition coefficient (Wildman–Crippen LogP) is 1.84. The first-order chi connectivity index (χ1) is 9.25. The predicted molar refractivity (Wildman–Crippen MR) is 73.2 cm³/mol. The van der Waals surface area contributed by atoms with Gasteiger partial charge in [0.25, 0.3) is 5.91 Å². The van der Waals surface area contributed by atoms with Gasteiger partial charge in [0.1, 0.15) is 4.88 Å². The first-order valence-corrected chi connectivity index (χ1v) is 7.09. The van der Waals surface area contributed by atoms with Gasteiger partial charge in [-0.3, -0.25) is 4.79 Å². The molecule has 0 aliphatic carbocycles. The Bertz CT molecular complexity index is 564. The summed E-state index contributed by atoms with van der Waals surface area (Å²) in [4.78, 5) is 19.3. The standard InChI is InChI=1S/C13H15N3O2S/c1-9-7-14-4-5-16(9)13(17)11-8-15-12(19-11)10-3-2-6-18-10/h2-3,6,8-9,14H,4-5,7H2,1H3/t9-/m0/s1. The molecule has 0 aromatic carbocycles.